The molecule has 1 N–H and O–H groups in total. The number of nitrogens with zero attached hydrogens (tertiary/aromatic N) is 4. The molecule has 0 aliphatic heterocycles. The van der Waals surface area contributed by atoms with Gasteiger partial charge in [-0.1, -0.05) is 30.0 Å². The number of fused-ring (bicyclic) bond motifs is 3. The van der Waals surface area contributed by atoms with Crippen LogP contribution in [0.2, 0.25) is 0 Å². The molecule has 166 valence electrons. The van der Waals surface area contributed by atoms with Gasteiger partial charge in [0.25, 0.3) is 0 Å². The van der Waals surface area contributed by atoms with E-state index in [1.165, 1.54) is 34.8 Å². The number of rotatable bonds is 6. The minimum atomic E-state index is -0.301. The van der Waals surface area contributed by atoms with Crippen molar-refractivity contribution in [2.45, 2.75) is 18.6 Å². The van der Waals surface area contributed by atoms with Gasteiger partial charge in [-0.3, -0.25) is 4.79 Å². The second-order valence-corrected chi connectivity index (χ2v) is 8.64. The molecule has 0 aliphatic rings. The van der Waals surface area contributed by atoms with E-state index < -0.39 is 0 Å². The summed E-state index contributed by atoms with van der Waals surface area (Å²) in [7, 11) is 1.83. The molecule has 0 saturated carbocycles. The highest BCUT2D eigenvalue weighted by atomic mass is 32.2. The first-order valence-electron chi connectivity index (χ1n) is 10.6. The molecule has 0 spiro atoms. The molecule has 2 heterocycles. The lowest BCUT2D eigenvalue weighted by atomic mass is 10.1. The summed E-state index contributed by atoms with van der Waals surface area (Å²) in [4.78, 5) is 12.6. The smallest absolute Gasteiger partial charge is 0.234 e. The quantitative estimate of drug-likeness (QED) is 0.342. The molecule has 2 aromatic heterocycles. The van der Waals surface area contributed by atoms with Gasteiger partial charge in [-0.25, -0.2) is 4.39 Å². The van der Waals surface area contributed by atoms with Crippen molar-refractivity contribution in [3.63, 3.8) is 0 Å². The van der Waals surface area contributed by atoms with Gasteiger partial charge < -0.3 is 14.5 Å². The van der Waals surface area contributed by atoms with Gasteiger partial charge in [0.05, 0.1) is 5.75 Å². The van der Waals surface area contributed by atoms with Crippen molar-refractivity contribution >= 4 is 45.2 Å². The molecule has 5 aromatic rings. The van der Waals surface area contributed by atoms with Crippen molar-refractivity contribution < 1.29 is 9.18 Å². The van der Waals surface area contributed by atoms with Gasteiger partial charge in [-0.15, -0.1) is 10.2 Å². The molecule has 1 amide bonds. The number of para-hydroxylation sites is 1. The summed E-state index contributed by atoms with van der Waals surface area (Å²) >= 11 is 1.31. The van der Waals surface area contributed by atoms with Crippen LogP contribution in [-0.4, -0.2) is 31.0 Å². The Bertz CT molecular complexity index is 1470. The number of hydrogen-bond acceptors (Lipinski definition) is 4. The van der Waals surface area contributed by atoms with E-state index in [9.17, 15) is 9.18 Å². The van der Waals surface area contributed by atoms with E-state index in [-0.39, 0.29) is 17.5 Å². The fraction of sp³-hybridized carbons (Fsp3) is 0.160. The van der Waals surface area contributed by atoms with Gasteiger partial charge >= 0.3 is 0 Å². The van der Waals surface area contributed by atoms with Crippen molar-refractivity contribution in [3.05, 3.63) is 72.5 Å². The normalized spacial score (nSPS) is 11.4. The number of aromatic nitrogens is 4. The first kappa shape index (κ1) is 21.2. The third-order valence-electron chi connectivity index (χ3n) is 5.64. The molecular weight excluding hydrogens is 437 g/mol. The Morgan fingerprint density at radius 2 is 1.76 bits per heavy atom. The Labute approximate surface area is 194 Å². The van der Waals surface area contributed by atoms with Crippen LogP contribution in [0, 0.1) is 5.82 Å². The third kappa shape index (κ3) is 3.98. The average Bonchev–Trinajstić information content (AvgIpc) is 3.35. The van der Waals surface area contributed by atoms with Crippen molar-refractivity contribution in [3.8, 4) is 11.4 Å². The van der Waals surface area contributed by atoms with Crippen LogP contribution in [-0.2, 0) is 18.4 Å². The molecule has 3 aromatic carbocycles. The lowest BCUT2D eigenvalue weighted by Gasteiger charge is -2.07. The highest BCUT2D eigenvalue weighted by Gasteiger charge is 2.14. The van der Waals surface area contributed by atoms with Gasteiger partial charge in [0.15, 0.2) is 11.0 Å². The minimum absolute atomic E-state index is 0.120. The van der Waals surface area contributed by atoms with E-state index in [2.05, 4.69) is 45.2 Å². The van der Waals surface area contributed by atoms with Gasteiger partial charge in [0, 0.05) is 46.6 Å². The van der Waals surface area contributed by atoms with Gasteiger partial charge in [-0.2, -0.15) is 0 Å². The Balaban J connectivity index is 1.31. The zero-order valence-corrected chi connectivity index (χ0v) is 19.1. The molecule has 6 nitrogen and oxygen atoms in total. The highest BCUT2D eigenvalue weighted by Crippen LogP contribution is 2.31. The van der Waals surface area contributed by atoms with Crippen LogP contribution in [0.3, 0.4) is 0 Å². The fourth-order valence-electron chi connectivity index (χ4n) is 4.09. The summed E-state index contributed by atoms with van der Waals surface area (Å²) in [5.74, 6) is 0.398. The van der Waals surface area contributed by atoms with Gasteiger partial charge in [0.2, 0.25) is 5.91 Å². The lowest BCUT2D eigenvalue weighted by molar-refractivity contribution is -0.113. The second kappa shape index (κ2) is 8.71. The third-order valence-corrected chi connectivity index (χ3v) is 6.66. The molecule has 8 heteroatoms. The predicted molar refractivity (Wildman–Crippen MR) is 131 cm³/mol. The van der Waals surface area contributed by atoms with Crippen molar-refractivity contribution in [2.24, 2.45) is 7.05 Å². The van der Waals surface area contributed by atoms with Crippen LogP contribution in [0.1, 0.15) is 6.92 Å². The Hall–Kier alpha value is -3.65. The Kier molecular flexibility index (Phi) is 5.60. The SMILES string of the molecule is CCn1c2ccccc2c2cc(NC(=O)CSc3nnc(-c4ccc(F)cc4)n3C)ccc21. The average molecular weight is 460 g/mol. The topological polar surface area (TPSA) is 64.7 Å². The summed E-state index contributed by atoms with van der Waals surface area (Å²) in [5.41, 5.74) is 3.87. The number of carbonyl (C=O) groups excluding carboxylic acids is 1. The van der Waals surface area contributed by atoms with E-state index in [1.54, 1.807) is 16.7 Å². The Morgan fingerprint density at radius 3 is 2.55 bits per heavy atom. The molecule has 0 saturated heterocycles. The Morgan fingerprint density at radius 1 is 1.00 bits per heavy atom. The van der Waals surface area contributed by atoms with E-state index in [0.29, 0.717) is 11.0 Å². The van der Waals surface area contributed by atoms with Crippen LogP contribution >= 0.6 is 11.8 Å². The van der Waals surface area contributed by atoms with Crippen LogP contribution in [0.15, 0.2) is 71.9 Å². The lowest BCUT2D eigenvalue weighted by Crippen LogP contribution is -2.14. The predicted octanol–water partition coefficient (Wildman–Crippen LogP) is 5.48. The molecule has 0 bridgehead atoms. The van der Waals surface area contributed by atoms with Crippen molar-refractivity contribution in [1.82, 2.24) is 19.3 Å². The molecule has 0 atom stereocenters. The van der Waals surface area contributed by atoms with Crippen LogP contribution in [0.25, 0.3) is 33.2 Å². The largest absolute Gasteiger partial charge is 0.341 e. The summed E-state index contributed by atoms with van der Waals surface area (Å²) in [6, 6.07) is 20.4. The number of thioether (sulfide) groups is 1. The maximum atomic E-state index is 13.2. The molecule has 0 radical (unpaired) electrons. The number of carbonyl (C=O) groups is 1. The second-order valence-electron chi connectivity index (χ2n) is 7.70. The zero-order valence-electron chi connectivity index (χ0n) is 18.2. The van der Waals surface area contributed by atoms with E-state index in [0.717, 1.165) is 28.7 Å². The summed E-state index contributed by atoms with van der Waals surface area (Å²) in [5, 5.41) is 14.3. The van der Waals surface area contributed by atoms with Gasteiger partial charge in [0.1, 0.15) is 5.82 Å². The number of hydrogen-bond donors (Lipinski definition) is 1. The molecule has 0 unspecified atom stereocenters. The van der Waals surface area contributed by atoms with Crippen molar-refractivity contribution in [2.75, 3.05) is 11.1 Å². The molecule has 0 aliphatic carbocycles. The van der Waals surface area contributed by atoms with Crippen LogP contribution in [0.5, 0.6) is 0 Å². The number of nitrogens with one attached hydrogen (secondary N) is 1. The summed E-state index contributed by atoms with van der Waals surface area (Å²) in [6.07, 6.45) is 0. The van der Waals surface area contributed by atoms with E-state index >= 15 is 0 Å². The van der Waals surface area contributed by atoms with Crippen LogP contribution in [0.4, 0.5) is 10.1 Å². The summed E-state index contributed by atoms with van der Waals surface area (Å²) < 4.78 is 17.3. The monoisotopic (exact) mass is 459 g/mol. The number of halogens is 1. The number of aryl methyl sites for hydroxylation is 1. The minimum Gasteiger partial charge on any atom is -0.341 e. The molecule has 0 fully saturated rings. The van der Waals surface area contributed by atoms with E-state index in [4.69, 9.17) is 0 Å². The number of anilines is 1. The standard InChI is InChI=1S/C25H22FN5OS/c1-3-31-21-7-5-4-6-19(21)20-14-18(12-13-22(20)31)27-23(32)15-33-25-29-28-24(30(25)2)16-8-10-17(26)11-9-16/h4-14H,3,15H2,1-2H3,(H,27,32). The maximum Gasteiger partial charge on any atom is 0.234 e. The van der Waals surface area contributed by atoms with Gasteiger partial charge in [-0.05, 0) is 55.5 Å². The number of benzene rings is 3. The molecule has 5 rings (SSSR count). The first-order valence-corrected chi connectivity index (χ1v) is 11.6. The van der Waals surface area contributed by atoms with Crippen molar-refractivity contribution in [1.29, 1.82) is 0 Å². The highest BCUT2D eigenvalue weighted by molar-refractivity contribution is 7.99. The number of amides is 1. The summed E-state index contributed by atoms with van der Waals surface area (Å²) in [6.45, 7) is 3.01. The van der Waals surface area contributed by atoms with E-state index in [1.807, 2.05) is 31.3 Å². The maximum absolute atomic E-state index is 13.2. The molecular formula is C25H22FN5OS. The zero-order chi connectivity index (χ0) is 22.9. The first-order chi connectivity index (χ1) is 16.0. The molecule has 33 heavy (non-hydrogen) atoms. The van der Waals surface area contributed by atoms with Crippen LogP contribution < -0.4 is 5.32 Å². The fourth-order valence-corrected chi connectivity index (χ4v) is 4.80.